The van der Waals surface area contributed by atoms with Crippen LogP contribution in [0.2, 0.25) is 0 Å². The summed E-state index contributed by atoms with van der Waals surface area (Å²) in [5.41, 5.74) is 4.13. The summed E-state index contributed by atoms with van der Waals surface area (Å²) >= 11 is 0. The van der Waals surface area contributed by atoms with E-state index in [4.69, 9.17) is 0 Å². The molecule has 1 atom stereocenters. The highest BCUT2D eigenvalue weighted by Crippen LogP contribution is 2.29. The lowest BCUT2D eigenvalue weighted by Crippen LogP contribution is -2.48. The zero-order chi connectivity index (χ0) is 19.5. The fourth-order valence-corrected chi connectivity index (χ4v) is 3.66. The molecular weight excluding hydrogens is 350 g/mol. The van der Waals surface area contributed by atoms with Crippen molar-refractivity contribution >= 4 is 28.3 Å². The number of aromatic nitrogens is 1. The number of para-hydroxylation sites is 1. The van der Waals surface area contributed by atoms with Crippen LogP contribution in [0.4, 0.5) is 0 Å². The van der Waals surface area contributed by atoms with Crippen LogP contribution in [0.3, 0.4) is 0 Å². The molecule has 2 heterocycles. The largest absolute Gasteiger partial charge is 0.361 e. The predicted octanol–water partition coefficient (Wildman–Crippen LogP) is 3.60. The van der Waals surface area contributed by atoms with Crippen molar-refractivity contribution < 1.29 is 9.59 Å². The number of hydrogen-bond acceptors (Lipinski definition) is 2. The SMILES string of the molecule is C[C@@H](NC(=O)c1ccccc1)C(=O)N1CC=C(c2c[nH]c3ccccc23)CC1. The van der Waals surface area contributed by atoms with Gasteiger partial charge in [0, 0.05) is 41.3 Å². The first-order valence-electron chi connectivity index (χ1n) is 9.53. The standard InChI is InChI=1S/C23H23N3O2/c1-16(25-22(27)18-7-3-2-4-8-18)23(28)26-13-11-17(12-14-26)20-15-24-21-10-6-5-9-19(20)21/h2-11,15-16,24H,12-14H2,1H3,(H,25,27)/t16-/m1/s1. The molecule has 5 nitrogen and oxygen atoms in total. The fraction of sp³-hybridized carbons (Fsp3) is 0.217. The number of hydrogen-bond donors (Lipinski definition) is 2. The Morgan fingerprint density at radius 1 is 1.07 bits per heavy atom. The molecule has 4 rings (SSSR count). The molecule has 1 aliphatic rings. The van der Waals surface area contributed by atoms with Crippen molar-refractivity contribution in [2.24, 2.45) is 0 Å². The minimum absolute atomic E-state index is 0.0569. The maximum atomic E-state index is 12.7. The number of carbonyl (C=O) groups excluding carboxylic acids is 2. The maximum Gasteiger partial charge on any atom is 0.251 e. The number of rotatable bonds is 4. The van der Waals surface area contributed by atoms with Gasteiger partial charge in [-0.3, -0.25) is 9.59 Å². The Balaban J connectivity index is 1.41. The van der Waals surface area contributed by atoms with Crippen LogP contribution >= 0.6 is 0 Å². The average Bonchev–Trinajstić information content (AvgIpc) is 3.18. The number of carbonyl (C=O) groups is 2. The van der Waals surface area contributed by atoms with Gasteiger partial charge < -0.3 is 15.2 Å². The topological polar surface area (TPSA) is 65.2 Å². The van der Waals surface area contributed by atoms with Gasteiger partial charge in [-0.15, -0.1) is 0 Å². The smallest absolute Gasteiger partial charge is 0.251 e. The molecule has 0 saturated carbocycles. The van der Waals surface area contributed by atoms with Crippen molar-refractivity contribution in [2.45, 2.75) is 19.4 Å². The number of amides is 2. The Hall–Kier alpha value is -3.34. The number of H-pyrrole nitrogens is 1. The second-order valence-corrected chi connectivity index (χ2v) is 7.07. The summed E-state index contributed by atoms with van der Waals surface area (Å²) in [5.74, 6) is -0.285. The fourth-order valence-electron chi connectivity index (χ4n) is 3.66. The highest BCUT2D eigenvalue weighted by Gasteiger charge is 2.24. The van der Waals surface area contributed by atoms with Crippen LogP contribution in [0.15, 0.2) is 66.9 Å². The number of nitrogens with one attached hydrogen (secondary N) is 2. The Bertz CT molecular complexity index is 1040. The molecule has 2 N–H and O–H groups in total. The summed E-state index contributed by atoms with van der Waals surface area (Å²) in [7, 11) is 0. The molecular formula is C23H23N3O2. The Kier molecular flexibility index (Phi) is 4.98. The number of nitrogens with zero attached hydrogens (tertiary/aromatic N) is 1. The first-order chi connectivity index (χ1) is 13.6. The lowest BCUT2D eigenvalue weighted by molar-refractivity contribution is -0.132. The van der Waals surface area contributed by atoms with E-state index in [2.05, 4.69) is 28.5 Å². The third-order valence-electron chi connectivity index (χ3n) is 5.21. The van der Waals surface area contributed by atoms with E-state index in [9.17, 15) is 9.59 Å². The van der Waals surface area contributed by atoms with Gasteiger partial charge in [-0.2, -0.15) is 0 Å². The summed E-state index contributed by atoms with van der Waals surface area (Å²) in [6, 6.07) is 16.6. The van der Waals surface area contributed by atoms with E-state index < -0.39 is 6.04 Å². The van der Waals surface area contributed by atoms with Gasteiger partial charge in [0.2, 0.25) is 5.91 Å². The Labute approximate surface area is 164 Å². The molecule has 1 aliphatic heterocycles. The minimum atomic E-state index is -0.559. The molecule has 2 aromatic carbocycles. The van der Waals surface area contributed by atoms with E-state index in [1.54, 1.807) is 24.0 Å². The Morgan fingerprint density at radius 3 is 2.57 bits per heavy atom. The molecule has 0 spiro atoms. The second kappa shape index (κ2) is 7.72. The van der Waals surface area contributed by atoms with Crippen LogP contribution in [0.1, 0.15) is 29.3 Å². The van der Waals surface area contributed by atoms with Crippen LogP contribution in [-0.4, -0.2) is 40.8 Å². The van der Waals surface area contributed by atoms with Crippen LogP contribution in [0, 0.1) is 0 Å². The summed E-state index contributed by atoms with van der Waals surface area (Å²) in [6.07, 6.45) is 4.95. The zero-order valence-electron chi connectivity index (χ0n) is 15.8. The lowest BCUT2D eigenvalue weighted by Gasteiger charge is -2.29. The molecule has 0 radical (unpaired) electrons. The molecule has 0 unspecified atom stereocenters. The Morgan fingerprint density at radius 2 is 1.82 bits per heavy atom. The summed E-state index contributed by atoms with van der Waals surface area (Å²) in [5, 5.41) is 4.01. The highest BCUT2D eigenvalue weighted by molar-refractivity contribution is 5.97. The van der Waals surface area contributed by atoms with Gasteiger partial charge in [0.1, 0.15) is 6.04 Å². The van der Waals surface area contributed by atoms with Crippen molar-refractivity contribution in [3.63, 3.8) is 0 Å². The van der Waals surface area contributed by atoms with Gasteiger partial charge in [-0.1, -0.05) is 42.5 Å². The van der Waals surface area contributed by atoms with Crippen molar-refractivity contribution in [1.29, 1.82) is 0 Å². The van der Waals surface area contributed by atoms with E-state index in [0.717, 1.165) is 11.9 Å². The van der Waals surface area contributed by atoms with E-state index in [1.165, 1.54) is 16.5 Å². The molecule has 28 heavy (non-hydrogen) atoms. The average molecular weight is 373 g/mol. The van der Waals surface area contributed by atoms with Crippen molar-refractivity contribution in [1.82, 2.24) is 15.2 Å². The molecule has 2 amide bonds. The third-order valence-corrected chi connectivity index (χ3v) is 5.21. The van der Waals surface area contributed by atoms with Crippen molar-refractivity contribution in [3.05, 3.63) is 78.0 Å². The minimum Gasteiger partial charge on any atom is -0.361 e. The molecule has 0 aliphatic carbocycles. The van der Waals surface area contributed by atoms with Crippen LogP contribution in [0.25, 0.3) is 16.5 Å². The van der Waals surface area contributed by atoms with Gasteiger partial charge in [0.15, 0.2) is 0 Å². The van der Waals surface area contributed by atoms with Gasteiger partial charge in [0.05, 0.1) is 0 Å². The molecule has 0 saturated heterocycles. The quantitative estimate of drug-likeness (QED) is 0.734. The number of aromatic amines is 1. The molecule has 0 bridgehead atoms. The third kappa shape index (κ3) is 3.56. The molecule has 3 aromatic rings. The van der Waals surface area contributed by atoms with E-state index in [-0.39, 0.29) is 11.8 Å². The molecule has 5 heteroatoms. The second-order valence-electron chi connectivity index (χ2n) is 7.07. The summed E-state index contributed by atoms with van der Waals surface area (Å²) in [4.78, 5) is 30.1. The molecule has 0 fully saturated rings. The maximum absolute atomic E-state index is 12.7. The van der Waals surface area contributed by atoms with Gasteiger partial charge in [-0.05, 0) is 37.1 Å². The summed E-state index contributed by atoms with van der Waals surface area (Å²) in [6.45, 7) is 2.94. The van der Waals surface area contributed by atoms with Crippen LogP contribution in [0.5, 0.6) is 0 Å². The molecule has 1 aromatic heterocycles. The van der Waals surface area contributed by atoms with Gasteiger partial charge in [-0.25, -0.2) is 0 Å². The predicted molar refractivity (Wildman–Crippen MR) is 111 cm³/mol. The summed E-state index contributed by atoms with van der Waals surface area (Å²) < 4.78 is 0. The molecule has 142 valence electrons. The van der Waals surface area contributed by atoms with Crippen molar-refractivity contribution in [3.8, 4) is 0 Å². The van der Waals surface area contributed by atoms with E-state index in [0.29, 0.717) is 18.7 Å². The number of fused-ring (bicyclic) bond motifs is 1. The van der Waals surface area contributed by atoms with Gasteiger partial charge >= 0.3 is 0 Å². The first-order valence-corrected chi connectivity index (χ1v) is 9.53. The van der Waals surface area contributed by atoms with E-state index in [1.807, 2.05) is 36.5 Å². The van der Waals surface area contributed by atoms with Gasteiger partial charge in [0.25, 0.3) is 5.91 Å². The van der Waals surface area contributed by atoms with Crippen LogP contribution < -0.4 is 5.32 Å². The highest BCUT2D eigenvalue weighted by atomic mass is 16.2. The first kappa shape index (κ1) is 18.0. The zero-order valence-corrected chi connectivity index (χ0v) is 15.8. The lowest BCUT2D eigenvalue weighted by atomic mass is 9.98. The van der Waals surface area contributed by atoms with E-state index >= 15 is 0 Å². The van der Waals surface area contributed by atoms with Crippen molar-refractivity contribution in [2.75, 3.05) is 13.1 Å². The van der Waals surface area contributed by atoms with Crippen LogP contribution in [-0.2, 0) is 4.79 Å². The number of benzene rings is 2. The monoisotopic (exact) mass is 373 g/mol. The normalized spacial score (nSPS) is 15.2.